The first kappa shape index (κ1) is 14.6. The van der Waals surface area contributed by atoms with Gasteiger partial charge in [0.05, 0.1) is 7.11 Å². The van der Waals surface area contributed by atoms with Gasteiger partial charge in [0.25, 0.3) is 0 Å². The van der Waals surface area contributed by atoms with Crippen molar-refractivity contribution >= 4 is 17.7 Å². The molecule has 0 bridgehead atoms. The number of methoxy groups -OCH3 is 1. The lowest BCUT2D eigenvalue weighted by Crippen LogP contribution is -2.11. The molecule has 1 heterocycles. The van der Waals surface area contributed by atoms with Gasteiger partial charge in [-0.2, -0.15) is 5.10 Å². The van der Waals surface area contributed by atoms with Crippen molar-refractivity contribution in [3.63, 3.8) is 0 Å². The van der Waals surface area contributed by atoms with Gasteiger partial charge in [-0.25, -0.2) is 0 Å². The van der Waals surface area contributed by atoms with Gasteiger partial charge in [0, 0.05) is 30.5 Å². The summed E-state index contributed by atoms with van der Waals surface area (Å²) in [7, 11) is 1.37. The Bertz CT molecular complexity index is 484. The van der Waals surface area contributed by atoms with Crippen LogP contribution < -0.4 is 5.32 Å². The Morgan fingerprint density at radius 2 is 2.15 bits per heavy atom. The third-order valence-corrected chi connectivity index (χ3v) is 3.64. The van der Waals surface area contributed by atoms with Gasteiger partial charge in [0.15, 0.2) is 5.82 Å². The lowest BCUT2D eigenvalue weighted by atomic mass is 10.2. The number of carbonyl (C=O) groups excluding carboxylic acids is 2. The molecule has 1 aromatic heterocycles. The minimum atomic E-state index is -0.235. The van der Waals surface area contributed by atoms with E-state index in [2.05, 4.69) is 27.2 Å². The second-order valence-electron chi connectivity index (χ2n) is 5.36. The van der Waals surface area contributed by atoms with Crippen molar-refractivity contribution in [2.75, 3.05) is 12.4 Å². The van der Waals surface area contributed by atoms with Gasteiger partial charge in [-0.1, -0.05) is 6.92 Å². The topological polar surface area (TPSA) is 84.1 Å². The molecule has 2 N–H and O–H groups in total. The number of ether oxygens (including phenoxy) is 1. The molecule has 1 aromatic rings. The molecule has 2 rings (SSSR count). The molecule has 2 atom stereocenters. The molecular weight excluding hydrogens is 258 g/mol. The van der Waals surface area contributed by atoms with Crippen molar-refractivity contribution in [1.29, 1.82) is 0 Å². The summed E-state index contributed by atoms with van der Waals surface area (Å²) >= 11 is 0. The summed E-state index contributed by atoms with van der Waals surface area (Å²) in [6.45, 7) is 2.20. The number of unbranched alkanes of at least 4 members (excludes halogenated alkanes) is 1. The van der Waals surface area contributed by atoms with Gasteiger partial charge in [0.1, 0.15) is 0 Å². The lowest BCUT2D eigenvalue weighted by Gasteiger charge is -2.01. The van der Waals surface area contributed by atoms with E-state index in [0.717, 1.165) is 5.69 Å². The zero-order valence-electron chi connectivity index (χ0n) is 11.9. The maximum Gasteiger partial charge on any atom is 0.305 e. The van der Waals surface area contributed by atoms with Crippen molar-refractivity contribution in [2.45, 2.75) is 44.9 Å². The van der Waals surface area contributed by atoms with Crippen molar-refractivity contribution in [2.24, 2.45) is 5.92 Å². The predicted molar refractivity (Wildman–Crippen MR) is 74.2 cm³/mol. The maximum atomic E-state index is 11.7. The Hall–Kier alpha value is -1.85. The third kappa shape index (κ3) is 4.08. The Kier molecular flexibility index (Phi) is 4.76. The van der Waals surface area contributed by atoms with E-state index in [1.807, 2.05) is 6.07 Å². The third-order valence-electron chi connectivity index (χ3n) is 3.64. The molecule has 0 radical (unpaired) electrons. The molecule has 1 amide bonds. The van der Waals surface area contributed by atoms with Gasteiger partial charge in [-0.3, -0.25) is 14.7 Å². The number of aromatic amines is 1. The fourth-order valence-corrected chi connectivity index (χ4v) is 2.21. The van der Waals surface area contributed by atoms with Crippen LogP contribution in [0.25, 0.3) is 0 Å². The number of rotatable bonds is 7. The Morgan fingerprint density at radius 3 is 2.80 bits per heavy atom. The van der Waals surface area contributed by atoms with Crippen LogP contribution in [-0.4, -0.2) is 29.2 Å². The molecule has 0 saturated heterocycles. The highest BCUT2D eigenvalue weighted by molar-refractivity contribution is 5.89. The number of hydrogen-bond acceptors (Lipinski definition) is 4. The summed E-state index contributed by atoms with van der Waals surface area (Å²) in [5, 5.41) is 9.82. The molecular formula is C14H21N3O3. The van der Waals surface area contributed by atoms with Crippen LogP contribution in [0.15, 0.2) is 6.07 Å². The first-order chi connectivity index (χ1) is 9.60. The number of carbonyl (C=O) groups is 2. The molecule has 2 unspecified atom stereocenters. The van der Waals surface area contributed by atoms with E-state index in [4.69, 9.17) is 0 Å². The molecule has 110 valence electrons. The van der Waals surface area contributed by atoms with Crippen LogP contribution in [0.1, 0.15) is 50.6 Å². The van der Waals surface area contributed by atoms with Gasteiger partial charge >= 0.3 is 5.97 Å². The molecule has 0 spiro atoms. The summed E-state index contributed by atoms with van der Waals surface area (Å²) in [5.41, 5.74) is 1.10. The van der Waals surface area contributed by atoms with E-state index in [1.165, 1.54) is 13.5 Å². The highest BCUT2D eigenvalue weighted by Crippen LogP contribution is 2.46. The summed E-state index contributed by atoms with van der Waals surface area (Å²) in [5.74, 6) is 1.54. The van der Waals surface area contributed by atoms with E-state index < -0.39 is 0 Å². The zero-order valence-corrected chi connectivity index (χ0v) is 11.9. The highest BCUT2D eigenvalue weighted by atomic mass is 16.5. The fraction of sp³-hybridized carbons (Fsp3) is 0.643. The molecule has 1 fully saturated rings. The smallest absolute Gasteiger partial charge is 0.305 e. The molecule has 1 aliphatic carbocycles. The SMILES string of the molecule is COC(=O)CCCCC(=O)Nc1cc(C2CC2C)[nH]n1. The van der Waals surface area contributed by atoms with Crippen LogP contribution in [0.2, 0.25) is 0 Å². The molecule has 6 nitrogen and oxygen atoms in total. The van der Waals surface area contributed by atoms with Crippen LogP contribution in [0.3, 0.4) is 0 Å². The number of aromatic nitrogens is 2. The average Bonchev–Trinajstić information content (AvgIpc) is 2.98. The monoisotopic (exact) mass is 279 g/mol. The Labute approximate surface area is 118 Å². The zero-order chi connectivity index (χ0) is 14.5. The Balaban J connectivity index is 1.66. The summed E-state index contributed by atoms with van der Waals surface area (Å²) in [6.07, 6.45) is 3.25. The number of esters is 1. The normalized spacial score (nSPS) is 20.5. The maximum absolute atomic E-state index is 11.7. The summed E-state index contributed by atoms with van der Waals surface area (Å²) < 4.78 is 4.54. The standard InChI is InChI=1S/C14H21N3O3/c1-9-7-10(9)11-8-12(17-16-11)15-13(18)5-3-4-6-14(19)20-2/h8-10H,3-7H2,1-2H3,(H2,15,16,17,18). The van der Waals surface area contributed by atoms with Gasteiger partial charge in [-0.15, -0.1) is 0 Å². The first-order valence-electron chi connectivity index (χ1n) is 7.02. The number of hydrogen-bond donors (Lipinski definition) is 2. The highest BCUT2D eigenvalue weighted by Gasteiger charge is 2.35. The number of amides is 1. The molecule has 20 heavy (non-hydrogen) atoms. The predicted octanol–water partition coefficient (Wildman–Crippen LogP) is 2.20. The first-order valence-corrected chi connectivity index (χ1v) is 7.02. The Morgan fingerprint density at radius 1 is 1.45 bits per heavy atom. The van der Waals surface area contributed by atoms with Crippen LogP contribution in [0.5, 0.6) is 0 Å². The lowest BCUT2D eigenvalue weighted by molar-refractivity contribution is -0.140. The van der Waals surface area contributed by atoms with Crippen molar-refractivity contribution in [1.82, 2.24) is 10.2 Å². The second-order valence-corrected chi connectivity index (χ2v) is 5.36. The molecule has 1 saturated carbocycles. The van der Waals surface area contributed by atoms with Crippen molar-refractivity contribution < 1.29 is 14.3 Å². The number of nitrogens with zero attached hydrogens (tertiary/aromatic N) is 1. The minimum Gasteiger partial charge on any atom is -0.469 e. The number of anilines is 1. The summed E-state index contributed by atoms with van der Waals surface area (Å²) in [6, 6.07) is 1.90. The minimum absolute atomic E-state index is 0.0724. The van der Waals surface area contributed by atoms with Gasteiger partial charge in [-0.05, 0) is 25.2 Å². The van der Waals surface area contributed by atoms with Crippen LogP contribution >= 0.6 is 0 Å². The van der Waals surface area contributed by atoms with Crippen LogP contribution in [-0.2, 0) is 14.3 Å². The van der Waals surface area contributed by atoms with Crippen LogP contribution in [0.4, 0.5) is 5.82 Å². The summed E-state index contributed by atoms with van der Waals surface area (Å²) in [4.78, 5) is 22.6. The molecule has 1 aliphatic rings. The van der Waals surface area contributed by atoms with Crippen molar-refractivity contribution in [3.05, 3.63) is 11.8 Å². The van der Waals surface area contributed by atoms with Crippen molar-refractivity contribution in [3.8, 4) is 0 Å². The van der Waals surface area contributed by atoms with Crippen LogP contribution in [0, 0.1) is 5.92 Å². The van der Waals surface area contributed by atoms with Gasteiger partial charge < -0.3 is 10.1 Å². The van der Waals surface area contributed by atoms with E-state index in [9.17, 15) is 9.59 Å². The van der Waals surface area contributed by atoms with E-state index in [1.54, 1.807) is 0 Å². The van der Waals surface area contributed by atoms with E-state index in [0.29, 0.717) is 43.3 Å². The fourth-order valence-electron chi connectivity index (χ4n) is 2.21. The molecule has 0 aromatic carbocycles. The number of nitrogens with one attached hydrogen (secondary N) is 2. The molecule has 0 aliphatic heterocycles. The van der Waals surface area contributed by atoms with Gasteiger partial charge in [0.2, 0.25) is 5.91 Å². The molecule has 6 heteroatoms. The average molecular weight is 279 g/mol. The second kappa shape index (κ2) is 6.54. The number of H-pyrrole nitrogens is 1. The quantitative estimate of drug-likeness (QED) is 0.592. The van der Waals surface area contributed by atoms with E-state index in [-0.39, 0.29) is 11.9 Å². The van der Waals surface area contributed by atoms with E-state index >= 15 is 0 Å². The largest absolute Gasteiger partial charge is 0.469 e.